The molecular weight excluding hydrogens is 316 g/mol. The second kappa shape index (κ2) is 7.21. The number of hydrogen-bond donors (Lipinski definition) is 0. The van der Waals surface area contributed by atoms with Gasteiger partial charge in [0, 0.05) is 13.2 Å². The minimum atomic E-state index is -0.113. The lowest BCUT2D eigenvalue weighted by Crippen LogP contribution is -1.94. The standard InChI is InChI=1S/C20H20N2O3/c1-14-8-15(2)10-19(9-14)24-13-18-5-4-17(25-18)6-7-20(23)16-11-21-22(3)12-16/h4-12H,13H2,1-3H3. The lowest BCUT2D eigenvalue weighted by molar-refractivity contribution is 0.104. The zero-order valence-electron chi connectivity index (χ0n) is 14.5. The molecule has 0 aliphatic rings. The van der Waals surface area contributed by atoms with E-state index in [9.17, 15) is 4.79 Å². The van der Waals surface area contributed by atoms with Gasteiger partial charge in [0.2, 0.25) is 0 Å². The molecule has 0 fully saturated rings. The van der Waals surface area contributed by atoms with Crippen LogP contribution in [0.25, 0.3) is 6.08 Å². The third-order valence-electron chi connectivity index (χ3n) is 3.65. The highest BCUT2D eigenvalue weighted by molar-refractivity contribution is 6.06. The Bertz CT molecular complexity index is 898. The van der Waals surface area contributed by atoms with Gasteiger partial charge in [-0.15, -0.1) is 0 Å². The normalized spacial score (nSPS) is 11.2. The Hall–Kier alpha value is -3.08. The van der Waals surface area contributed by atoms with Gasteiger partial charge in [0.05, 0.1) is 11.8 Å². The molecule has 0 atom stereocenters. The van der Waals surface area contributed by atoms with E-state index < -0.39 is 0 Å². The van der Waals surface area contributed by atoms with Gasteiger partial charge in [-0.2, -0.15) is 5.10 Å². The Morgan fingerprint density at radius 1 is 1.24 bits per heavy atom. The summed E-state index contributed by atoms with van der Waals surface area (Å²) in [5, 5.41) is 3.98. The predicted molar refractivity (Wildman–Crippen MR) is 95.5 cm³/mol. The van der Waals surface area contributed by atoms with Crippen molar-refractivity contribution in [2.45, 2.75) is 20.5 Å². The van der Waals surface area contributed by atoms with Gasteiger partial charge in [-0.05, 0) is 61.4 Å². The average molecular weight is 336 g/mol. The first-order valence-electron chi connectivity index (χ1n) is 8.00. The highest BCUT2D eigenvalue weighted by atomic mass is 16.5. The van der Waals surface area contributed by atoms with Crippen molar-refractivity contribution in [3.05, 3.63) is 77.0 Å². The molecule has 0 aliphatic carbocycles. The number of ether oxygens (including phenoxy) is 1. The summed E-state index contributed by atoms with van der Waals surface area (Å²) in [5.74, 6) is 2.01. The zero-order chi connectivity index (χ0) is 17.8. The third kappa shape index (κ3) is 4.47. The Morgan fingerprint density at radius 2 is 2.00 bits per heavy atom. The van der Waals surface area contributed by atoms with Gasteiger partial charge in [-0.1, -0.05) is 6.07 Å². The fourth-order valence-electron chi connectivity index (χ4n) is 2.53. The van der Waals surface area contributed by atoms with E-state index in [1.165, 1.54) is 12.3 Å². The largest absolute Gasteiger partial charge is 0.486 e. The molecule has 0 aliphatic heterocycles. The van der Waals surface area contributed by atoms with Crippen LogP contribution in [0.1, 0.15) is 33.0 Å². The molecule has 5 nitrogen and oxygen atoms in total. The van der Waals surface area contributed by atoms with E-state index in [4.69, 9.17) is 9.15 Å². The number of allylic oxidation sites excluding steroid dienone is 1. The number of hydrogen-bond acceptors (Lipinski definition) is 4. The first-order valence-corrected chi connectivity index (χ1v) is 8.00. The minimum Gasteiger partial charge on any atom is -0.486 e. The summed E-state index contributed by atoms with van der Waals surface area (Å²) < 4.78 is 13.0. The van der Waals surface area contributed by atoms with Crippen molar-refractivity contribution < 1.29 is 13.9 Å². The van der Waals surface area contributed by atoms with Crippen molar-refractivity contribution in [3.63, 3.8) is 0 Å². The summed E-state index contributed by atoms with van der Waals surface area (Å²) in [5.41, 5.74) is 2.86. The molecule has 0 bridgehead atoms. The van der Waals surface area contributed by atoms with Crippen molar-refractivity contribution in [2.75, 3.05) is 0 Å². The lowest BCUT2D eigenvalue weighted by Gasteiger charge is -2.06. The summed E-state index contributed by atoms with van der Waals surface area (Å²) in [6.45, 7) is 4.41. The second-order valence-electron chi connectivity index (χ2n) is 6.02. The van der Waals surface area contributed by atoms with E-state index in [1.54, 1.807) is 24.0 Å². The molecule has 3 aromatic rings. The molecule has 3 rings (SSSR count). The van der Waals surface area contributed by atoms with E-state index in [1.807, 2.05) is 38.1 Å². The molecule has 128 valence electrons. The van der Waals surface area contributed by atoms with E-state index in [-0.39, 0.29) is 5.78 Å². The topological polar surface area (TPSA) is 57.3 Å². The van der Waals surface area contributed by atoms with Crippen molar-refractivity contribution in [1.82, 2.24) is 9.78 Å². The number of aromatic nitrogens is 2. The molecule has 2 heterocycles. The van der Waals surface area contributed by atoms with Gasteiger partial charge in [0.15, 0.2) is 5.78 Å². The third-order valence-corrected chi connectivity index (χ3v) is 3.65. The predicted octanol–water partition coefficient (Wildman–Crippen LogP) is 4.11. The van der Waals surface area contributed by atoms with E-state index >= 15 is 0 Å². The Morgan fingerprint density at radius 3 is 2.68 bits per heavy atom. The fraction of sp³-hybridized carbons (Fsp3) is 0.200. The van der Waals surface area contributed by atoms with Crippen LogP contribution < -0.4 is 4.74 Å². The number of aryl methyl sites for hydroxylation is 3. The molecule has 0 spiro atoms. The number of ketones is 1. The van der Waals surface area contributed by atoms with E-state index in [0.717, 1.165) is 16.9 Å². The fourth-order valence-corrected chi connectivity index (χ4v) is 2.53. The monoisotopic (exact) mass is 336 g/mol. The molecule has 1 aromatic carbocycles. The van der Waals surface area contributed by atoms with Crippen LogP contribution in [-0.2, 0) is 13.7 Å². The Balaban J connectivity index is 1.60. The Labute approximate surface area is 146 Å². The zero-order valence-corrected chi connectivity index (χ0v) is 14.5. The number of carbonyl (C=O) groups excluding carboxylic acids is 1. The lowest BCUT2D eigenvalue weighted by atomic mass is 10.1. The minimum absolute atomic E-state index is 0.113. The maximum atomic E-state index is 12.0. The van der Waals surface area contributed by atoms with Crippen LogP contribution in [0.2, 0.25) is 0 Å². The Kier molecular flexibility index (Phi) is 4.84. The van der Waals surface area contributed by atoms with Gasteiger partial charge in [-0.3, -0.25) is 9.48 Å². The van der Waals surface area contributed by atoms with Gasteiger partial charge in [0.25, 0.3) is 0 Å². The quantitative estimate of drug-likeness (QED) is 0.502. The molecule has 0 unspecified atom stereocenters. The molecule has 0 saturated carbocycles. The summed E-state index contributed by atoms with van der Waals surface area (Å²) in [7, 11) is 1.77. The first-order chi connectivity index (χ1) is 12.0. The molecule has 2 aromatic heterocycles. The highest BCUT2D eigenvalue weighted by Crippen LogP contribution is 2.19. The van der Waals surface area contributed by atoms with Crippen LogP contribution in [0, 0.1) is 13.8 Å². The number of carbonyl (C=O) groups is 1. The van der Waals surface area contributed by atoms with Gasteiger partial charge >= 0.3 is 0 Å². The molecular formula is C20H20N2O3. The maximum Gasteiger partial charge on any atom is 0.189 e. The maximum absolute atomic E-state index is 12.0. The van der Waals surface area contributed by atoms with Gasteiger partial charge in [-0.25, -0.2) is 0 Å². The molecule has 0 saturated heterocycles. The molecule has 0 N–H and O–H groups in total. The van der Waals surface area contributed by atoms with Crippen molar-refractivity contribution in [1.29, 1.82) is 0 Å². The van der Waals surface area contributed by atoms with Gasteiger partial charge < -0.3 is 9.15 Å². The molecule has 0 amide bonds. The van der Waals surface area contributed by atoms with Crippen LogP contribution in [0.3, 0.4) is 0 Å². The average Bonchev–Trinajstić information content (AvgIpc) is 3.19. The number of rotatable bonds is 6. The highest BCUT2D eigenvalue weighted by Gasteiger charge is 2.06. The van der Waals surface area contributed by atoms with Crippen LogP contribution in [-0.4, -0.2) is 15.6 Å². The second-order valence-corrected chi connectivity index (χ2v) is 6.02. The van der Waals surface area contributed by atoms with Crippen LogP contribution in [0.15, 0.2) is 53.2 Å². The number of benzene rings is 1. The summed E-state index contributed by atoms with van der Waals surface area (Å²) in [4.78, 5) is 12.0. The molecule has 5 heteroatoms. The van der Waals surface area contributed by atoms with Crippen molar-refractivity contribution in [2.24, 2.45) is 7.05 Å². The SMILES string of the molecule is Cc1cc(C)cc(OCc2ccc(C=CC(=O)c3cnn(C)c3)o2)c1. The summed E-state index contributed by atoms with van der Waals surface area (Å²) in [6.07, 6.45) is 6.34. The van der Waals surface area contributed by atoms with E-state index in [2.05, 4.69) is 11.2 Å². The first kappa shape index (κ1) is 16.8. The number of nitrogens with zero attached hydrogens (tertiary/aromatic N) is 2. The van der Waals surface area contributed by atoms with Crippen LogP contribution in [0.5, 0.6) is 5.75 Å². The summed E-state index contributed by atoms with van der Waals surface area (Å²) in [6, 6.07) is 9.73. The smallest absolute Gasteiger partial charge is 0.189 e. The van der Waals surface area contributed by atoms with Crippen LogP contribution >= 0.6 is 0 Å². The molecule has 0 radical (unpaired) electrons. The van der Waals surface area contributed by atoms with Gasteiger partial charge in [0.1, 0.15) is 23.9 Å². The van der Waals surface area contributed by atoms with E-state index in [0.29, 0.717) is 23.7 Å². The number of furan rings is 1. The van der Waals surface area contributed by atoms with Crippen molar-refractivity contribution >= 4 is 11.9 Å². The van der Waals surface area contributed by atoms with Crippen molar-refractivity contribution in [3.8, 4) is 5.75 Å². The molecule has 25 heavy (non-hydrogen) atoms. The summed E-state index contributed by atoms with van der Waals surface area (Å²) >= 11 is 0. The van der Waals surface area contributed by atoms with Crippen LogP contribution in [0.4, 0.5) is 0 Å².